The lowest BCUT2D eigenvalue weighted by Crippen LogP contribution is -2.37. The summed E-state index contributed by atoms with van der Waals surface area (Å²) in [5.41, 5.74) is 0.661. The van der Waals surface area contributed by atoms with Crippen LogP contribution in [0.5, 0.6) is 0 Å². The number of ether oxygens (including phenoxy) is 1. The number of carbonyl (C=O) groups excluding carboxylic acids is 2. The van der Waals surface area contributed by atoms with Gasteiger partial charge >= 0.3 is 5.97 Å². The minimum atomic E-state index is -0.727. The monoisotopic (exact) mass is 304 g/mol. The molecule has 4 heteroatoms. The zero-order valence-corrected chi connectivity index (χ0v) is 12.7. The fourth-order valence-corrected chi connectivity index (χ4v) is 3.60. The van der Waals surface area contributed by atoms with E-state index in [4.69, 9.17) is 16.3 Å². The first-order valence-electron chi connectivity index (χ1n) is 7.29. The number of hydrogen-bond acceptors (Lipinski definition) is 3. The Labute approximate surface area is 128 Å². The maximum atomic E-state index is 12.9. The molecule has 0 saturated heterocycles. The van der Waals surface area contributed by atoms with Gasteiger partial charge in [-0.3, -0.25) is 4.79 Å². The molecule has 0 radical (unpaired) electrons. The molecule has 1 aromatic rings. The van der Waals surface area contributed by atoms with E-state index in [-0.39, 0.29) is 11.8 Å². The summed E-state index contributed by atoms with van der Waals surface area (Å²) < 4.78 is 5.62. The molecule has 1 spiro atoms. The molecule has 1 saturated carbocycles. The fraction of sp³-hybridized carbons (Fsp3) is 0.412. The largest absolute Gasteiger partial charge is 0.451 e. The Bertz CT molecular complexity index is 639. The predicted molar refractivity (Wildman–Crippen MR) is 80.4 cm³/mol. The van der Waals surface area contributed by atoms with E-state index in [1.54, 1.807) is 31.2 Å². The topological polar surface area (TPSA) is 43.4 Å². The Balaban J connectivity index is 2.07. The molecule has 3 rings (SSSR count). The molecule has 0 atom stereocenters. The highest BCUT2D eigenvalue weighted by Crippen LogP contribution is 2.45. The van der Waals surface area contributed by atoms with E-state index in [0.717, 1.165) is 32.1 Å². The second kappa shape index (κ2) is 5.30. The van der Waals surface area contributed by atoms with Crippen molar-refractivity contribution >= 4 is 23.4 Å². The highest BCUT2D eigenvalue weighted by molar-refractivity contribution is 6.35. The zero-order chi connectivity index (χ0) is 15.0. The van der Waals surface area contributed by atoms with E-state index in [1.165, 1.54) is 0 Å². The van der Waals surface area contributed by atoms with Crippen molar-refractivity contribution in [3.8, 4) is 0 Å². The van der Waals surface area contributed by atoms with Crippen LogP contribution in [0.1, 0.15) is 49.4 Å². The highest BCUT2D eigenvalue weighted by atomic mass is 35.5. The number of rotatable bonds is 2. The van der Waals surface area contributed by atoms with Crippen molar-refractivity contribution in [2.24, 2.45) is 0 Å². The van der Waals surface area contributed by atoms with Crippen molar-refractivity contribution in [2.45, 2.75) is 44.6 Å². The van der Waals surface area contributed by atoms with Crippen LogP contribution in [0.3, 0.4) is 0 Å². The summed E-state index contributed by atoms with van der Waals surface area (Å²) in [6.07, 6.45) is 4.51. The maximum absolute atomic E-state index is 12.9. The van der Waals surface area contributed by atoms with E-state index in [2.05, 4.69) is 0 Å². The zero-order valence-electron chi connectivity index (χ0n) is 11.9. The number of esters is 1. The Morgan fingerprint density at radius 3 is 2.52 bits per heavy atom. The molecule has 0 amide bonds. The van der Waals surface area contributed by atoms with Crippen LogP contribution in [0.4, 0.5) is 0 Å². The second-order valence-electron chi connectivity index (χ2n) is 5.75. The molecule has 0 unspecified atom stereocenters. The minimum Gasteiger partial charge on any atom is -0.451 e. The number of Topliss-reactive ketones (excluding diaryl/α,β-unsaturated/α-hetero) is 1. The van der Waals surface area contributed by atoms with Crippen LogP contribution >= 0.6 is 11.6 Å². The van der Waals surface area contributed by atoms with Gasteiger partial charge in [-0.2, -0.15) is 0 Å². The third-order valence-corrected chi connectivity index (χ3v) is 4.76. The first-order chi connectivity index (χ1) is 10.1. The van der Waals surface area contributed by atoms with E-state index < -0.39 is 5.60 Å². The Kier molecular flexibility index (Phi) is 3.62. The number of carbonyl (C=O) groups is 2. The Hall–Kier alpha value is -1.61. The lowest BCUT2D eigenvalue weighted by atomic mass is 9.76. The third kappa shape index (κ3) is 2.30. The van der Waals surface area contributed by atoms with Crippen LogP contribution in [0, 0.1) is 0 Å². The minimum absolute atomic E-state index is 0.175. The molecule has 21 heavy (non-hydrogen) atoms. The smallest absolute Gasteiger partial charge is 0.335 e. The molecule has 0 aromatic heterocycles. The van der Waals surface area contributed by atoms with Gasteiger partial charge in [0, 0.05) is 11.1 Å². The third-order valence-electron chi connectivity index (χ3n) is 4.43. The second-order valence-corrected chi connectivity index (χ2v) is 6.16. The number of ketones is 1. The molecule has 1 heterocycles. The summed E-state index contributed by atoms with van der Waals surface area (Å²) in [7, 11) is 0. The van der Waals surface area contributed by atoms with Gasteiger partial charge in [-0.15, -0.1) is 0 Å². The van der Waals surface area contributed by atoms with Gasteiger partial charge in [0.2, 0.25) is 0 Å². The molecule has 3 nitrogen and oxygen atoms in total. The van der Waals surface area contributed by atoms with Crippen LogP contribution in [-0.4, -0.2) is 17.4 Å². The first-order valence-corrected chi connectivity index (χ1v) is 7.67. The molecule has 1 aliphatic carbocycles. The van der Waals surface area contributed by atoms with Gasteiger partial charge in [0.25, 0.3) is 0 Å². The van der Waals surface area contributed by atoms with Gasteiger partial charge < -0.3 is 4.74 Å². The fourth-order valence-electron chi connectivity index (χ4n) is 3.38. The molecular weight excluding hydrogens is 288 g/mol. The average molecular weight is 305 g/mol. The molecule has 0 N–H and O–H groups in total. The summed E-state index contributed by atoms with van der Waals surface area (Å²) in [6.45, 7) is 1.68. The number of benzene rings is 1. The summed E-state index contributed by atoms with van der Waals surface area (Å²) in [5.74, 6) is -0.543. The Morgan fingerprint density at radius 1 is 1.19 bits per heavy atom. The SMILES string of the molecule is CC1=C(C(=O)c2ccccc2Cl)C2(CCCCC2)OC1=O. The van der Waals surface area contributed by atoms with Gasteiger partial charge in [-0.1, -0.05) is 30.2 Å². The molecule has 1 fully saturated rings. The van der Waals surface area contributed by atoms with Crippen molar-refractivity contribution in [2.75, 3.05) is 0 Å². The summed E-state index contributed by atoms with van der Waals surface area (Å²) >= 11 is 6.14. The average Bonchev–Trinajstić information content (AvgIpc) is 2.70. The van der Waals surface area contributed by atoms with Crippen LogP contribution in [-0.2, 0) is 9.53 Å². The van der Waals surface area contributed by atoms with E-state index in [1.807, 2.05) is 0 Å². The number of hydrogen-bond donors (Lipinski definition) is 0. The van der Waals surface area contributed by atoms with Crippen molar-refractivity contribution in [1.82, 2.24) is 0 Å². The molecule has 1 aromatic carbocycles. The highest BCUT2D eigenvalue weighted by Gasteiger charge is 2.49. The van der Waals surface area contributed by atoms with Crippen molar-refractivity contribution in [3.05, 3.63) is 46.0 Å². The molecule has 110 valence electrons. The van der Waals surface area contributed by atoms with Gasteiger partial charge in [-0.05, 0) is 44.7 Å². The van der Waals surface area contributed by atoms with Crippen molar-refractivity contribution in [1.29, 1.82) is 0 Å². The molecule has 2 aliphatic rings. The normalized spacial score (nSPS) is 20.8. The van der Waals surface area contributed by atoms with Crippen molar-refractivity contribution < 1.29 is 14.3 Å². The standard InChI is InChI=1S/C17H17ClO3/c1-11-14(15(19)12-7-3-4-8-13(12)18)17(21-16(11)20)9-5-2-6-10-17/h3-4,7-8H,2,5-6,9-10H2,1H3. The maximum Gasteiger partial charge on any atom is 0.335 e. The lowest BCUT2D eigenvalue weighted by molar-refractivity contribution is -0.148. The Morgan fingerprint density at radius 2 is 1.86 bits per heavy atom. The first kappa shape index (κ1) is 14.3. The van der Waals surface area contributed by atoms with E-state index >= 15 is 0 Å². The van der Waals surface area contributed by atoms with Gasteiger partial charge in [0.15, 0.2) is 5.78 Å². The van der Waals surface area contributed by atoms with Crippen molar-refractivity contribution in [3.63, 3.8) is 0 Å². The summed E-state index contributed by atoms with van der Waals surface area (Å²) in [5, 5.41) is 0.410. The van der Waals surface area contributed by atoms with E-state index in [9.17, 15) is 9.59 Å². The summed E-state index contributed by atoms with van der Waals surface area (Å²) in [4.78, 5) is 24.9. The molecule has 1 aliphatic heterocycles. The van der Waals surface area contributed by atoms with Gasteiger partial charge in [0.05, 0.1) is 10.6 Å². The summed E-state index contributed by atoms with van der Waals surface area (Å²) in [6, 6.07) is 6.95. The molecule has 0 bridgehead atoms. The predicted octanol–water partition coefficient (Wildman–Crippen LogP) is 4.10. The van der Waals surface area contributed by atoms with Crippen LogP contribution in [0.2, 0.25) is 5.02 Å². The van der Waals surface area contributed by atoms with Crippen LogP contribution in [0.25, 0.3) is 0 Å². The quantitative estimate of drug-likeness (QED) is 0.610. The van der Waals surface area contributed by atoms with Gasteiger partial charge in [-0.25, -0.2) is 4.79 Å². The number of halogens is 1. The van der Waals surface area contributed by atoms with Gasteiger partial charge in [0.1, 0.15) is 5.60 Å². The molecular formula is C17H17ClO3. The lowest BCUT2D eigenvalue weighted by Gasteiger charge is -2.34. The van der Waals surface area contributed by atoms with E-state index in [0.29, 0.717) is 21.7 Å². The van der Waals surface area contributed by atoms with Crippen LogP contribution < -0.4 is 0 Å². The van der Waals surface area contributed by atoms with Crippen LogP contribution in [0.15, 0.2) is 35.4 Å².